The van der Waals surface area contributed by atoms with Crippen molar-refractivity contribution in [2.75, 3.05) is 0 Å². The van der Waals surface area contributed by atoms with E-state index in [1.54, 1.807) is 30.5 Å². The molecule has 9 nitrogen and oxygen atoms in total. The third-order valence-electron chi connectivity index (χ3n) is 6.90. The van der Waals surface area contributed by atoms with Crippen molar-refractivity contribution in [3.63, 3.8) is 0 Å². The maximum atomic E-state index is 13.2. The lowest BCUT2D eigenvalue weighted by Gasteiger charge is -2.24. The van der Waals surface area contributed by atoms with Crippen LogP contribution in [-0.2, 0) is 36.9 Å². The first-order valence-electron chi connectivity index (χ1n) is 13.2. The number of nitrogens with one attached hydrogen (secondary N) is 1. The molecular weight excluding hydrogens is 508 g/mol. The smallest absolute Gasteiger partial charge is 0.254 e. The molecule has 2 atom stereocenters. The third kappa shape index (κ3) is 6.74. The highest BCUT2D eigenvalue weighted by molar-refractivity contribution is 6.17. The van der Waals surface area contributed by atoms with E-state index in [2.05, 4.69) is 10.3 Å². The van der Waals surface area contributed by atoms with Gasteiger partial charge in [-0.3, -0.25) is 24.2 Å². The first kappa shape index (κ1) is 28.9. The molecule has 0 saturated heterocycles. The fourth-order valence-electron chi connectivity index (χ4n) is 4.68. The molecule has 0 bridgehead atoms. The molecule has 1 aliphatic rings. The van der Waals surface area contributed by atoms with Gasteiger partial charge in [0.1, 0.15) is 0 Å². The van der Waals surface area contributed by atoms with Gasteiger partial charge >= 0.3 is 0 Å². The van der Waals surface area contributed by atoms with E-state index < -0.39 is 47.5 Å². The predicted octanol–water partition coefficient (Wildman–Crippen LogP) is 2.80. The summed E-state index contributed by atoms with van der Waals surface area (Å²) >= 11 is 0. The topological polar surface area (TPSA) is 154 Å². The summed E-state index contributed by atoms with van der Waals surface area (Å²) in [7, 11) is 0. The summed E-state index contributed by atoms with van der Waals surface area (Å²) in [6.07, 6.45) is 0.233. The molecule has 0 fully saturated rings. The Balaban J connectivity index is 1.41. The Labute approximate surface area is 233 Å². The number of hydrogen-bond donors (Lipinski definition) is 3. The Morgan fingerprint density at radius 3 is 2.48 bits per heavy atom. The standard InChI is InChI=1S/C31H34N4O5/c1-19(2)14-25(35-30(39)29-23-11-4-3-9-22(23)18-40-29)26(36)17-28(38)31(32,33)27(37)16-20-8-7-10-21(15-20)24-12-5-6-13-34-24/h3-13,15,19,25,29H,14,16-18,32-33H2,1-2H3,(H,35,39)/t25-,29?/m0/s1. The lowest BCUT2D eigenvalue weighted by Crippen LogP contribution is -2.63. The van der Waals surface area contributed by atoms with Gasteiger partial charge in [-0.25, -0.2) is 0 Å². The van der Waals surface area contributed by atoms with Crippen molar-refractivity contribution < 1.29 is 23.9 Å². The fourth-order valence-corrected chi connectivity index (χ4v) is 4.68. The monoisotopic (exact) mass is 542 g/mol. The molecule has 208 valence electrons. The van der Waals surface area contributed by atoms with Crippen molar-refractivity contribution in [3.8, 4) is 11.3 Å². The number of rotatable bonds is 12. The van der Waals surface area contributed by atoms with Gasteiger partial charge in [-0.1, -0.05) is 62.4 Å². The van der Waals surface area contributed by atoms with E-state index in [9.17, 15) is 19.2 Å². The maximum absolute atomic E-state index is 13.2. The molecule has 1 aromatic heterocycles. The number of ketones is 3. The summed E-state index contributed by atoms with van der Waals surface area (Å²) in [6, 6.07) is 19.1. The van der Waals surface area contributed by atoms with E-state index in [0.29, 0.717) is 18.6 Å². The highest BCUT2D eigenvalue weighted by atomic mass is 16.5. The number of aromatic nitrogens is 1. The number of fused-ring (bicyclic) bond motifs is 1. The van der Waals surface area contributed by atoms with Gasteiger partial charge in [0.15, 0.2) is 29.1 Å². The summed E-state index contributed by atoms with van der Waals surface area (Å²) < 4.78 is 5.65. The van der Waals surface area contributed by atoms with Crippen LogP contribution in [0, 0.1) is 5.92 Å². The summed E-state index contributed by atoms with van der Waals surface area (Å²) in [4.78, 5) is 56.7. The quantitative estimate of drug-likeness (QED) is 0.233. The number of Topliss-reactive ketones (excluding diaryl/α,β-unsaturated/α-hetero) is 3. The predicted molar refractivity (Wildman–Crippen MR) is 149 cm³/mol. The minimum atomic E-state index is -2.36. The number of carbonyl (C=O) groups is 4. The van der Waals surface area contributed by atoms with Crippen LogP contribution in [0.15, 0.2) is 72.9 Å². The fraction of sp³-hybridized carbons (Fsp3) is 0.323. The minimum Gasteiger partial charge on any atom is -0.359 e. The molecule has 1 aliphatic heterocycles. The molecule has 4 rings (SSSR count). The largest absolute Gasteiger partial charge is 0.359 e. The number of hydrogen-bond acceptors (Lipinski definition) is 8. The van der Waals surface area contributed by atoms with Gasteiger partial charge in [0, 0.05) is 18.2 Å². The second-order valence-corrected chi connectivity index (χ2v) is 10.5. The van der Waals surface area contributed by atoms with Crippen molar-refractivity contribution >= 4 is 23.3 Å². The zero-order valence-corrected chi connectivity index (χ0v) is 22.6. The summed E-state index contributed by atoms with van der Waals surface area (Å²) in [5, 5.41) is 2.74. The lowest BCUT2D eigenvalue weighted by atomic mass is 9.89. The Morgan fingerprint density at radius 1 is 1.00 bits per heavy atom. The highest BCUT2D eigenvalue weighted by Crippen LogP contribution is 2.30. The highest BCUT2D eigenvalue weighted by Gasteiger charge is 2.40. The zero-order chi connectivity index (χ0) is 28.9. The van der Waals surface area contributed by atoms with Crippen molar-refractivity contribution in [3.05, 3.63) is 89.6 Å². The molecule has 2 aromatic carbocycles. The van der Waals surface area contributed by atoms with Gasteiger partial charge in [0.2, 0.25) is 0 Å². The number of pyridine rings is 1. The molecular formula is C31H34N4O5. The molecule has 0 saturated carbocycles. The molecule has 0 aliphatic carbocycles. The average Bonchev–Trinajstić information content (AvgIpc) is 3.37. The van der Waals surface area contributed by atoms with Crippen LogP contribution in [0.3, 0.4) is 0 Å². The van der Waals surface area contributed by atoms with E-state index in [-0.39, 0.29) is 12.3 Å². The van der Waals surface area contributed by atoms with Crippen LogP contribution in [0.1, 0.15) is 49.5 Å². The van der Waals surface area contributed by atoms with Crippen LogP contribution >= 0.6 is 0 Å². The molecule has 2 heterocycles. The molecule has 3 aromatic rings. The molecule has 1 unspecified atom stereocenters. The Morgan fingerprint density at radius 2 is 1.75 bits per heavy atom. The number of nitrogens with two attached hydrogens (primary N) is 2. The van der Waals surface area contributed by atoms with Crippen LogP contribution in [0.2, 0.25) is 0 Å². The van der Waals surface area contributed by atoms with Crippen molar-refractivity contribution in [2.45, 2.75) is 57.5 Å². The molecule has 5 N–H and O–H groups in total. The van der Waals surface area contributed by atoms with Crippen LogP contribution in [0.4, 0.5) is 0 Å². The van der Waals surface area contributed by atoms with Gasteiger partial charge < -0.3 is 21.5 Å². The summed E-state index contributed by atoms with van der Waals surface area (Å²) in [5.74, 6) is -2.62. The van der Waals surface area contributed by atoms with Crippen LogP contribution in [0.5, 0.6) is 0 Å². The van der Waals surface area contributed by atoms with E-state index in [1.807, 2.05) is 56.3 Å². The molecule has 0 radical (unpaired) electrons. The first-order valence-corrected chi connectivity index (χ1v) is 13.2. The molecule has 40 heavy (non-hydrogen) atoms. The number of benzene rings is 2. The van der Waals surface area contributed by atoms with E-state index >= 15 is 0 Å². The third-order valence-corrected chi connectivity index (χ3v) is 6.90. The van der Waals surface area contributed by atoms with Crippen molar-refractivity contribution in [1.29, 1.82) is 0 Å². The maximum Gasteiger partial charge on any atom is 0.254 e. The second-order valence-electron chi connectivity index (χ2n) is 10.5. The van der Waals surface area contributed by atoms with Gasteiger partial charge in [0.25, 0.3) is 5.91 Å². The number of carbonyl (C=O) groups excluding carboxylic acids is 4. The van der Waals surface area contributed by atoms with E-state index in [1.165, 1.54) is 0 Å². The van der Waals surface area contributed by atoms with Crippen LogP contribution in [0.25, 0.3) is 11.3 Å². The zero-order valence-electron chi connectivity index (χ0n) is 22.6. The Bertz CT molecular complexity index is 1400. The molecule has 9 heteroatoms. The first-order chi connectivity index (χ1) is 19.1. The Hall–Kier alpha value is -4.05. The molecule has 1 amide bonds. The van der Waals surface area contributed by atoms with Gasteiger partial charge in [0.05, 0.1) is 24.8 Å². The number of nitrogens with zero attached hydrogens (tertiary/aromatic N) is 1. The SMILES string of the molecule is CC(C)C[C@H](NC(=O)C1OCc2ccccc21)C(=O)CC(=O)C(N)(N)C(=O)Cc1cccc(-c2ccccn2)c1. The van der Waals surface area contributed by atoms with Gasteiger partial charge in [-0.15, -0.1) is 0 Å². The number of amides is 1. The normalized spacial score (nSPS) is 15.4. The Kier molecular flexibility index (Phi) is 8.99. The second kappa shape index (κ2) is 12.4. The van der Waals surface area contributed by atoms with Gasteiger partial charge in [-0.05, 0) is 47.2 Å². The summed E-state index contributed by atoms with van der Waals surface area (Å²) in [6.45, 7) is 4.09. The summed E-state index contributed by atoms with van der Waals surface area (Å²) in [5.41, 5.74) is 13.4. The minimum absolute atomic E-state index is 0.0367. The molecule has 0 spiro atoms. The van der Waals surface area contributed by atoms with E-state index in [4.69, 9.17) is 16.2 Å². The number of ether oxygens (including phenoxy) is 1. The van der Waals surface area contributed by atoms with E-state index in [0.717, 1.165) is 22.4 Å². The lowest BCUT2D eigenvalue weighted by molar-refractivity contribution is -0.139. The van der Waals surface area contributed by atoms with Crippen LogP contribution < -0.4 is 16.8 Å². The van der Waals surface area contributed by atoms with Crippen molar-refractivity contribution in [2.24, 2.45) is 17.4 Å². The van der Waals surface area contributed by atoms with Gasteiger partial charge in [-0.2, -0.15) is 0 Å². The van der Waals surface area contributed by atoms with Crippen LogP contribution in [-0.4, -0.2) is 39.9 Å². The average molecular weight is 543 g/mol. The van der Waals surface area contributed by atoms with Crippen molar-refractivity contribution in [1.82, 2.24) is 10.3 Å².